The first-order valence-corrected chi connectivity index (χ1v) is 7.43. The van der Waals surface area contributed by atoms with E-state index >= 15 is 0 Å². The summed E-state index contributed by atoms with van der Waals surface area (Å²) >= 11 is 3.44. The van der Waals surface area contributed by atoms with Crippen LogP contribution in [0, 0.1) is 0 Å². The number of rotatable bonds is 6. The van der Waals surface area contributed by atoms with Crippen LogP contribution >= 0.6 is 15.9 Å². The van der Waals surface area contributed by atoms with Crippen LogP contribution in [0.1, 0.15) is 12.8 Å². The van der Waals surface area contributed by atoms with Crippen molar-refractivity contribution < 1.29 is 9.21 Å². The topological polar surface area (TPSA) is 71.3 Å². The van der Waals surface area contributed by atoms with Gasteiger partial charge in [-0.25, -0.2) is 0 Å². The number of benzene rings is 1. The maximum Gasteiger partial charge on any atom is 0.248 e. The van der Waals surface area contributed by atoms with Gasteiger partial charge in [-0.3, -0.25) is 10.1 Å². The van der Waals surface area contributed by atoms with E-state index in [0.29, 0.717) is 24.9 Å². The molecule has 0 aliphatic rings. The Bertz CT molecular complexity index is 615. The normalized spacial score (nSPS) is 10.6. The van der Waals surface area contributed by atoms with Crippen LogP contribution in [0.3, 0.4) is 0 Å². The van der Waals surface area contributed by atoms with Crippen LogP contribution in [-0.4, -0.2) is 41.1 Å². The van der Waals surface area contributed by atoms with Gasteiger partial charge < -0.3 is 9.32 Å². The van der Waals surface area contributed by atoms with Gasteiger partial charge in [0.05, 0.1) is 18.7 Å². The van der Waals surface area contributed by atoms with Crippen LogP contribution in [0.5, 0.6) is 0 Å². The summed E-state index contributed by atoms with van der Waals surface area (Å²) in [6.45, 7) is 3.23. The lowest BCUT2D eigenvalue weighted by Crippen LogP contribution is -2.35. The fraction of sp³-hybridized carbons (Fsp3) is 0.357. The van der Waals surface area contributed by atoms with E-state index in [0.717, 1.165) is 10.0 Å². The van der Waals surface area contributed by atoms with Gasteiger partial charge in [-0.2, -0.15) is 0 Å². The molecule has 2 rings (SSSR count). The maximum atomic E-state index is 11.6. The van der Waals surface area contributed by atoms with Crippen LogP contribution in [0.15, 0.2) is 33.2 Å². The van der Waals surface area contributed by atoms with Crippen molar-refractivity contribution in [1.29, 1.82) is 0 Å². The van der Waals surface area contributed by atoms with Gasteiger partial charge in [-0.05, 0) is 35.0 Å². The largest absolute Gasteiger partial charge is 0.419 e. The first-order valence-electron chi connectivity index (χ1n) is 6.63. The summed E-state index contributed by atoms with van der Waals surface area (Å²) in [4.78, 5) is 13.3. The number of hydrogen-bond acceptors (Lipinski definition) is 5. The summed E-state index contributed by atoms with van der Waals surface area (Å²) in [6.07, 6.45) is 0. The lowest BCUT2D eigenvalue weighted by Gasteiger charge is -2.13. The number of aromatic nitrogens is 2. The quantitative estimate of drug-likeness (QED) is 0.861. The van der Waals surface area contributed by atoms with E-state index in [1.807, 2.05) is 31.2 Å². The second kappa shape index (κ2) is 7.33. The first kappa shape index (κ1) is 15.7. The van der Waals surface area contributed by atoms with Crippen LogP contribution in [0.2, 0.25) is 0 Å². The van der Waals surface area contributed by atoms with Crippen molar-refractivity contribution in [3.05, 3.63) is 34.6 Å². The van der Waals surface area contributed by atoms with Crippen LogP contribution in [0.25, 0.3) is 11.5 Å². The molecule has 0 radical (unpaired) electrons. The van der Waals surface area contributed by atoms with Gasteiger partial charge in [-0.1, -0.05) is 12.1 Å². The number of nitrogens with one attached hydrogen (secondary N) is 1. The van der Waals surface area contributed by atoms with Crippen molar-refractivity contribution in [2.24, 2.45) is 0 Å². The third kappa shape index (κ3) is 4.12. The highest BCUT2D eigenvalue weighted by Crippen LogP contribution is 2.26. The van der Waals surface area contributed by atoms with Gasteiger partial charge in [-0.15, -0.1) is 10.2 Å². The van der Waals surface area contributed by atoms with Gasteiger partial charge in [0.25, 0.3) is 0 Å². The smallest absolute Gasteiger partial charge is 0.248 e. The average Bonchev–Trinajstić information content (AvgIpc) is 2.95. The zero-order valence-corrected chi connectivity index (χ0v) is 13.6. The number of nitrogens with zero attached hydrogens (tertiary/aromatic N) is 3. The van der Waals surface area contributed by atoms with Crippen LogP contribution in [-0.2, 0) is 11.3 Å². The molecule has 1 heterocycles. The van der Waals surface area contributed by atoms with Crippen LogP contribution < -0.4 is 5.32 Å². The van der Waals surface area contributed by atoms with Gasteiger partial charge >= 0.3 is 0 Å². The average molecular weight is 353 g/mol. The minimum Gasteiger partial charge on any atom is -0.419 e. The molecule has 0 atom stereocenters. The molecular weight excluding hydrogens is 336 g/mol. The van der Waals surface area contributed by atoms with Crippen molar-refractivity contribution in [2.45, 2.75) is 13.5 Å². The van der Waals surface area contributed by atoms with Gasteiger partial charge in [0.15, 0.2) is 0 Å². The molecule has 0 saturated carbocycles. The van der Waals surface area contributed by atoms with Crippen molar-refractivity contribution in [3.63, 3.8) is 0 Å². The minimum absolute atomic E-state index is 0.0306. The second-order valence-corrected chi connectivity index (χ2v) is 5.35. The number of halogens is 1. The third-order valence-electron chi connectivity index (χ3n) is 3.02. The molecule has 0 aliphatic heterocycles. The Balaban J connectivity index is 1.92. The Kier molecular flexibility index (Phi) is 5.46. The number of likely N-dealkylation sites (N-methyl/N-ethyl adjacent to an activating group) is 1. The van der Waals surface area contributed by atoms with Crippen molar-refractivity contribution in [2.75, 3.05) is 20.1 Å². The summed E-state index contributed by atoms with van der Waals surface area (Å²) in [6, 6.07) is 7.63. The van der Waals surface area contributed by atoms with E-state index in [-0.39, 0.29) is 12.5 Å². The number of carbonyl (C=O) groups excluding carboxylic acids is 1. The van der Waals surface area contributed by atoms with Gasteiger partial charge in [0.1, 0.15) is 0 Å². The highest BCUT2D eigenvalue weighted by molar-refractivity contribution is 9.10. The molecule has 0 aliphatic carbocycles. The van der Waals surface area contributed by atoms with Gasteiger partial charge in [0.2, 0.25) is 17.7 Å². The van der Waals surface area contributed by atoms with Crippen molar-refractivity contribution in [3.8, 4) is 11.5 Å². The van der Waals surface area contributed by atoms with E-state index in [9.17, 15) is 4.79 Å². The Morgan fingerprint density at radius 2 is 2.14 bits per heavy atom. The summed E-state index contributed by atoms with van der Waals surface area (Å²) in [5.41, 5.74) is 0.845. The third-order valence-corrected chi connectivity index (χ3v) is 3.72. The number of carbonyl (C=O) groups is 1. The SMILES string of the molecule is CCN(C)C(=O)CNCc1nnc(-c2ccccc2Br)o1. The van der Waals surface area contributed by atoms with E-state index in [1.54, 1.807) is 11.9 Å². The highest BCUT2D eigenvalue weighted by Gasteiger charge is 2.12. The Labute approximate surface area is 131 Å². The van der Waals surface area contributed by atoms with Crippen molar-refractivity contribution >= 4 is 21.8 Å². The molecule has 2 aromatic rings. The lowest BCUT2D eigenvalue weighted by atomic mass is 10.2. The van der Waals surface area contributed by atoms with Gasteiger partial charge in [0, 0.05) is 18.1 Å². The molecule has 21 heavy (non-hydrogen) atoms. The number of hydrogen-bond donors (Lipinski definition) is 1. The predicted octanol–water partition coefficient (Wildman–Crippen LogP) is 2.07. The summed E-state index contributed by atoms with van der Waals surface area (Å²) in [7, 11) is 1.77. The summed E-state index contributed by atoms with van der Waals surface area (Å²) < 4.78 is 6.48. The van der Waals surface area contributed by atoms with E-state index in [2.05, 4.69) is 31.4 Å². The van der Waals surface area contributed by atoms with E-state index in [1.165, 1.54) is 0 Å². The summed E-state index contributed by atoms with van der Waals surface area (Å²) in [5.74, 6) is 0.937. The monoisotopic (exact) mass is 352 g/mol. The first-order chi connectivity index (χ1) is 10.1. The molecule has 6 nitrogen and oxygen atoms in total. The molecule has 0 spiro atoms. The zero-order chi connectivity index (χ0) is 15.2. The fourth-order valence-electron chi connectivity index (χ4n) is 1.66. The highest BCUT2D eigenvalue weighted by atomic mass is 79.9. The molecule has 0 fully saturated rings. The lowest BCUT2D eigenvalue weighted by molar-refractivity contribution is -0.128. The fourth-order valence-corrected chi connectivity index (χ4v) is 2.11. The van der Waals surface area contributed by atoms with E-state index < -0.39 is 0 Å². The van der Waals surface area contributed by atoms with Crippen molar-refractivity contribution in [1.82, 2.24) is 20.4 Å². The Hall–Kier alpha value is -1.73. The Morgan fingerprint density at radius 3 is 2.86 bits per heavy atom. The standard InChI is InChI=1S/C14H17BrN4O2/c1-3-19(2)13(20)9-16-8-12-17-18-14(21-12)10-6-4-5-7-11(10)15/h4-7,16H,3,8-9H2,1-2H3. The minimum atomic E-state index is 0.0306. The molecule has 0 saturated heterocycles. The predicted molar refractivity (Wildman–Crippen MR) is 82.5 cm³/mol. The molecule has 1 N–H and O–H groups in total. The molecule has 1 aromatic heterocycles. The molecule has 1 amide bonds. The molecule has 112 valence electrons. The number of amides is 1. The molecule has 7 heteroatoms. The Morgan fingerprint density at radius 1 is 1.38 bits per heavy atom. The molecule has 0 bridgehead atoms. The zero-order valence-electron chi connectivity index (χ0n) is 12.0. The van der Waals surface area contributed by atoms with Crippen LogP contribution in [0.4, 0.5) is 0 Å². The maximum absolute atomic E-state index is 11.6. The molecular formula is C14H17BrN4O2. The molecule has 0 unspecified atom stereocenters. The summed E-state index contributed by atoms with van der Waals surface area (Å²) in [5, 5.41) is 11.0. The second-order valence-electron chi connectivity index (χ2n) is 4.49. The van der Waals surface area contributed by atoms with E-state index in [4.69, 9.17) is 4.42 Å². The molecule has 1 aromatic carbocycles.